The molecule has 1 aromatic carbocycles. The summed E-state index contributed by atoms with van der Waals surface area (Å²) in [5.74, 6) is 0.435. The molecule has 0 aliphatic carbocycles. The van der Waals surface area contributed by atoms with E-state index in [-0.39, 0.29) is 12.6 Å². The number of aromatic nitrogens is 1. The highest BCUT2D eigenvalue weighted by Gasteiger charge is 2.33. The minimum absolute atomic E-state index is 0.100. The van der Waals surface area contributed by atoms with Crippen molar-refractivity contribution in [3.05, 3.63) is 45.9 Å². The molecule has 2 amide bonds. The Labute approximate surface area is 176 Å². The summed E-state index contributed by atoms with van der Waals surface area (Å²) < 4.78 is 37.9. The van der Waals surface area contributed by atoms with Crippen LogP contribution in [-0.4, -0.2) is 42.0 Å². The molecule has 11 heteroatoms. The Morgan fingerprint density at radius 3 is 2.63 bits per heavy atom. The van der Waals surface area contributed by atoms with Gasteiger partial charge in [-0.1, -0.05) is 12.1 Å². The van der Waals surface area contributed by atoms with Gasteiger partial charge in [0.25, 0.3) is 0 Å². The fraction of sp³-hybridized carbons (Fsp3) is 0.421. The molecule has 3 N–H and O–H groups in total. The van der Waals surface area contributed by atoms with Gasteiger partial charge in [-0.2, -0.15) is 13.2 Å². The summed E-state index contributed by atoms with van der Waals surface area (Å²) in [6.45, 7) is 2.11. The second kappa shape index (κ2) is 9.79. The Kier molecular flexibility index (Phi) is 7.14. The fourth-order valence-corrected chi connectivity index (χ4v) is 3.71. The third kappa shape index (κ3) is 6.09. The summed E-state index contributed by atoms with van der Waals surface area (Å²) in [4.78, 5) is 21.7. The second-order valence-electron chi connectivity index (χ2n) is 6.73. The maximum atomic E-state index is 12.6. The number of amides is 2. The van der Waals surface area contributed by atoms with Crippen molar-refractivity contribution in [3.8, 4) is 0 Å². The van der Waals surface area contributed by atoms with Crippen molar-refractivity contribution in [1.82, 2.24) is 20.5 Å². The minimum Gasteiger partial charge on any atom is -0.352 e. The summed E-state index contributed by atoms with van der Waals surface area (Å²) in [7, 11) is 1.57. The summed E-state index contributed by atoms with van der Waals surface area (Å²) in [6, 6.07) is 7.34. The lowest BCUT2D eigenvalue weighted by Gasteiger charge is -2.17. The zero-order chi connectivity index (χ0) is 21.6. The minimum atomic E-state index is -4.44. The Morgan fingerprint density at radius 2 is 1.97 bits per heavy atom. The van der Waals surface area contributed by atoms with Crippen LogP contribution in [0.15, 0.2) is 34.6 Å². The summed E-state index contributed by atoms with van der Waals surface area (Å²) in [5.41, 5.74) is 0.738. The number of rotatable bonds is 5. The van der Waals surface area contributed by atoms with Crippen LogP contribution in [0.25, 0.3) is 0 Å². The number of hydrogen-bond donors (Lipinski definition) is 3. The van der Waals surface area contributed by atoms with E-state index in [1.165, 1.54) is 0 Å². The molecule has 7 nitrogen and oxygen atoms in total. The molecule has 1 saturated heterocycles. The van der Waals surface area contributed by atoms with Crippen molar-refractivity contribution in [2.24, 2.45) is 4.99 Å². The van der Waals surface area contributed by atoms with E-state index in [2.05, 4.69) is 25.9 Å². The molecule has 1 fully saturated rings. The Morgan fingerprint density at radius 1 is 1.23 bits per heavy atom. The first-order valence-electron chi connectivity index (χ1n) is 9.46. The molecule has 3 rings (SSSR count). The van der Waals surface area contributed by atoms with E-state index in [0.29, 0.717) is 23.2 Å². The third-order valence-corrected chi connectivity index (χ3v) is 5.35. The van der Waals surface area contributed by atoms with Gasteiger partial charge in [-0.25, -0.2) is 9.78 Å². The number of alkyl halides is 3. The number of nitrogens with one attached hydrogen (secondary N) is 3. The van der Waals surface area contributed by atoms with Gasteiger partial charge in [-0.05, 0) is 30.5 Å². The molecule has 0 unspecified atom stereocenters. The molecule has 0 spiro atoms. The van der Waals surface area contributed by atoms with E-state index in [1.807, 2.05) is 24.3 Å². The first-order chi connectivity index (χ1) is 14.3. The standard InChI is InChI=1S/C19H23F3N6OS/c1-23-17(25-11-16-27-15(12-30-16)19(20,21)22)24-10-13-5-4-6-14(9-13)26-18(29)28-7-2-3-8-28/h4-6,9,12H,2-3,7-8,10-11H2,1H3,(H,26,29)(H2,23,24,25). The average molecular weight is 440 g/mol. The predicted octanol–water partition coefficient (Wildman–Crippen LogP) is 3.65. The number of guanidine groups is 1. The number of nitrogens with zero attached hydrogens (tertiary/aromatic N) is 3. The van der Waals surface area contributed by atoms with Crippen molar-refractivity contribution < 1.29 is 18.0 Å². The monoisotopic (exact) mass is 440 g/mol. The normalized spacial score (nSPS) is 14.7. The van der Waals surface area contributed by atoms with E-state index in [0.717, 1.165) is 48.2 Å². The van der Waals surface area contributed by atoms with Gasteiger partial charge in [0.2, 0.25) is 0 Å². The molecule has 0 bridgehead atoms. The van der Waals surface area contributed by atoms with Gasteiger partial charge < -0.3 is 20.9 Å². The number of benzene rings is 1. The topological polar surface area (TPSA) is 81.7 Å². The average Bonchev–Trinajstić information content (AvgIpc) is 3.40. The quantitative estimate of drug-likeness (QED) is 0.490. The van der Waals surface area contributed by atoms with Crippen LogP contribution < -0.4 is 16.0 Å². The number of thiazole rings is 1. The predicted molar refractivity (Wildman–Crippen MR) is 110 cm³/mol. The highest BCUT2D eigenvalue weighted by molar-refractivity contribution is 7.09. The lowest BCUT2D eigenvalue weighted by Crippen LogP contribution is -2.36. The van der Waals surface area contributed by atoms with Gasteiger partial charge in [-0.3, -0.25) is 4.99 Å². The highest BCUT2D eigenvalue weighted by Crippen LogP contribution is 2.29. The second-order valence-corrected chi connectivity index (χ2v) is 7.67. The van der Waals surface area contributed by atoms with E-state index in [4.69, 9.17) is 0 Å². The van der Waals surface area contributed by atoms with Crippen molar-refractivity contribution >= 4 is 29.0 Å². The number of hydrogen-bond acceptors (Lipinski definition) is 4. The molecular weight excluding hydrogens is 417 g/mol. The number of halogens is 3. The Balaban J connectivity index is 1.50. The van der Waals surface area contributed by atoms with Crippen molar-refractivity contribution in [3.63, 3.8) is 0 Å². The molecule has 0 atom stereocenters. The Bertz CT molecular complexity index is 892. The van der Waals surface area contributed by atoms with Crippen molar-refractivity contribution in [2.75, 3.05) is 25.5 Å². The largest absolute Gasteiger partial charge is 0.434 e. The van der Waals surface area contributed by atoms with Crippen LogP contribution in [0.4, 0.5) is 23.7 Å². The number of aliphatic imine (C=N–C) groups is 1. The first kappa shape index (κ1) is 21.9. The Hall–Kier alpha value is -2.82. The molecule has 1 aromatic heterocycles. The SMILES string of the molecule is CN=C(NCc1cccc(NC(=O)N2CCCC2)c1)NCc1nc(C(F)(F)F)cs1. The van der Waals surface area contributed by atoms with Crippen molar-refractivity contribution in [2.45, 2.75) is 32.1 Å². The molecular formula is C19H23F3N6OS. The van der Waals surface area contributed by atoms with Crippen LogP contribution >= 0.6 is 11.3 Å². The van der Waals surface area contributed by atoms with E-state index >= 15 is 0 Å². The van der Waals surface area contributed by atoms with Gasteiger partial charge in [0, 0.05) is 37.7 Å². The summed E-state index contributed by atoms with van der Waals surface area (Å²) in [5, 5.41) is 10.3. The lowest BCUT2D eigenvalue weighted by molar-refractivity contribution is -0.140. The molecule has 162 valence electrons. The number of urea groups is 1. The fourth-order valence-electron chi connectivity index (χ4n) is 2.97. The van der Waals surface area contributed by atoms with Gasteiger partial charge in [0.1, 0.15) is 5.01 Å². The first-order valence-corrected chi connectivity index (χ1v) is 10.3. The van der Waals surface area contributed by atoms with Crippen LogP contribution in [0.1, 0.15) is 29.1 Å². The molecule has 0 radical (unpaired) electrons. The number of carbonyl (C=O) groups excluding carboxylic acids is 1. The van der Waals surface area contributed by atoms with Crippen LogP contribution in [0.5, 0.6) is 0 Å². The van der Waals surface area contributed by atoms with Crippen LogP contribution in [0.3, 0.4) is 0 Å². The maximum Gasteiger partial charge on any atom is 0.434 e. The molecule has 30 heavy (non-hydrogen) atoms. The van der Waals surface area contributed by atoms with Crippen LogP contribution in [0.2, 0.25) is 0 Å². The van der Waals surface area contributed by atoms with Gasteiger partial charge in [-0.15, -0.1) is 11.3 Å². The lowest BCUT2D eigenvalue weighted by atomic mass is 10.2. The zero-order valence-corrected chi connectivity index (χ0v) is 17.2. The summed E-state index contributed by atoms with van der Waals surface area (Å²) in [6.07, 6.45) is -2.38. The van der Waals surface area contributed by atoms with E-state index < -0.39 is 11.9 Å². The highest BCUT2D eigenvalue weighted by atomic mass is 32.1. The third-order valence-electron chi connectivity index (χ3n) is 4.50. The van der Waals surface area contributed by atoms with Gasteiger partial charge in [0.15, 0.2) is 11.7 Å². The number of likely N-dealkylation sites (tertiary alicyclic amines) is 1. The van der Waals surface area contributed by atoms with E-state index in [1.54, 1.807) is 11.9 Å². The summed E-state index contributed by atoms with van der Waals surface area (Å²) >= 11 is 0.941. The maximum absolute atomic E-state index is 12.6. The van der Waals surface area contributed by atoms with E-state index in [9.17, 15) is 18.0 Å². The zero-order valence-electron chi connectivity index (χ0n) is 16.4. The molecule has 1 aliphatic rings. The van der Waals surface area contributed by atoms with Crippen molar-refractivity contribution in [1.29, 1.82) is 0 Å². The molecule has 0 saturated carbocycles. The molecule has 1 aliphatic heterocycles. The number of anilines is 1. The van der Waals surface area contributed by atoms with Gasteiger partial charge >= 0.3 is 12.2 Å². The van der Waals surface area contributed by atoms with Crippen LogP contribution in [-0.2, 0) is 19.3 Å². The van der Waals surface area contributed by atoms with Gasteiger partial charge in [0.05, 0.1) is 6.54 Å². The molecule has 2 aromatic rings. The van der Waals surface area contributed by atoms with Crippen LogP contribution in [0, 0.1) is 0 Å². The number of carbonyl (C=O) groups is 1. The smallest absolute Gasteiger partial charge is 0.352 e. The molecule has 2 heterocycles.